The molecule has 5 heteroatoms. The zero-order chi connectivity index (χ0) is 19.9. The van der Waals surface area contributed by atoms with E-state index >= 15 is 0 Å². The topological polar surface area (TPSA) is 66.8 Å². The largest absolute Gasteiger partial charge is 0.426 e. The summed E-state index contributed by atoms with van der Waals surface area (Å²) < 4.78 is 5.50. The molecule has 1 amide bonds. The van der Waals surface area contributed by atoms with Crippen LogP contribution in [-0.4, -0.2) is 34.5 Å². The molecule has 0 bridgehead atoms. The number of carbonyl (C=O) groups is 2. The smallest absolute Gasteiger partial charge is 0.313 e. The number of hydrogen-bond donors (Lipinski definition) is 1. The van der Waals surface area contributed by atoms with Crippen LogP contribution < -0.4 is 4.74 Å². The zero-order valence-corrected chi connectivity index (χ0v) is 16.9. The van der Waals surface area contributed by atoms with E-state index in [2.05, 4.69) is 0 Å². The highest BCUT2D eigenvalue weighted by Crippen LogP contribution is 2.23. The molecule has 0 aliphatic carbocycles. The van der Waals surface area contributed by atoms with Crippen LogP contribution in [0.15, 0.2) is 18.2 Å². The maximum Gasteiger partial charge on any atom is 0.313 e. The van der Waals surface area contributed by atoms with Crippen LogP contribution in [0.2, 0.25) is 0 Å². The van der Waals surface area contributed by atoms with Gasteiger partial charge in [0.15, 0.2) is 0 Å². The van der Waals surface area contributed by atoms with Crippen molar-refractivity contribution in [2.75, 3.05) is 6.54 Å². The number of ether oxygens (including phenoxy) is 1. The van der Waals surface area contributed by atoms with Gasteiger partial charge in [-0.25, -0.2) is 0 Å². The fraction of sp³-hybridized carbons (Fsp3) is 0.619. The summed E-state index contributed by atoms with van der Waals surface area (Å²) in [6.45, 7) is 12.0. The fourth-order valence-corrected chi connectivity index (χ4v) is 2.65. The van der Waals surface area contributed by atoms with E-state index in [0.717, 1.165) is 17.5 Å². The first-order valence-corrected chi connectivity index (χ1v) is 9.42. The average Bonchev–Trinajstić information content (AvgIpc) is 2.58. The molecule has 1 aromatic carbocycles. The van der Waals surface area contributed by atoms with Crippen LogP contribution in [-0.2, 0) is 22.6 Å². The molecular formula is C21H33NO4. The Kier molecular flexibility index (Phi) is 8.79. The standard InChI is InChI=1S/C21H33NO4/c1-14(2)20(24)22(16(5)6)11-7-8-18-12-17(13-23)9-10-19(18)26-21(25)15(3)4/h9-10,12,14-16,23H,7-8,11,13H2,1-6H3. The molecule has 0 saturated carbocycles. The Balaban J connectivity index is 2.86. The molecule has 0 unspecified atom stereocenters. The van der Waals surface area contributed by atoms with Crippen LogP contribution >= 0.6 is 0 Å². The van der Waals surface area contributed by atoms with Crippen molar-refractivity contribution in [3.63, 3.8) is 0 Å². The highest BCUT2D eigenvalue weighted by molar-refractivity contribution is 5.78. The predicted molar refractivity (Wildman–Crippen MR) is 103 cm³/mol. The minimum Gasteiger partial charge on any atom is -0.426 e. The first-order valence-electron chi connectivity index (χ1n) is 9.42. The van der Waals surface area contributed by atoms with E-state index in [9.17, 15) is 14.7 Å². The molecule has 146 valence electrons. The van der Waals surface area contributed by atoms with E-state index in [4.69, 9.17) is 4.74 Å². The van der Waals surface area contributed by atoms with Gasteiger partial charge in [0.2, 0.25) is 5.91 Å². The van der Waals surface area contributed by atoms with Crippen molar-refractivity contribution in [2.24, 2.45) is 11.8 Å². The second kappa shape index (κ2) is 10.3. The minimum absolute atomic E-state index is 0.0299. The van der Waals surface area contributed by atoms with Crippen molar-refractivity contribution in [3.05, 3.63) is 29.3 Å². The number of esters is 1. The van der Waals surface area contributed by atoms with Crippen LogP contribution in [0.25, 0.3) is 0 Å². The summed E-state index contributed by atoms with van der Waals surface area (Å²) in [7, 11) is 0. The number of aryl methyl sites for hydroxylation is 1. The summed E-state index contributed by atoms with van der Waals surface area (Å²) in [4.78, 5) is 26.2. The summed E-state index contributed by atoms with van der Waals surface area (Å²) >= 11 is 0. The van der Waals surface area contributed by atoms with Crippen LogP contribution in [0.1, 0.15) is 59.1 Å². The van der Waals surface area contributed by atoms with E-state index in [0.29, 0.717) is 18.7 Å². The molecule has 0 fully saturated rings. The van der Waals surface area contributed by atoms with Gasteiger partial charge in [0.05, 0.1) is 12.5 Å². The number of hydrogen-bond acceptors (Lipinski definition) is 4. The van der Waals surface area contributed by atoms with Gasteiger partial charge >= 0.3 is 5.97 Å². The molecule has 0 aliphatic rings. The van der Waals surface area contributed by atoms with Crippen LogP contribution in [0.3, 0.4) is 0 Å². The van der Waals surface area contributed by atoms with Gasteiger partial charge in [-0.05, 0) is 49.9 Å². The van der Waals surface area contributed by atoms with Gasteiger partial charge < -0.3 is 14.7 Å². The number of nitrogens with zero attached hydrogens (tertiary/aromatic N) is 1. The number of carbonyl (C=O) groups excluding carboxylic acids is 2. The Labute approximate surface area is 157 Å². The predicted octanol–water partition coefficient (Wildman–Crippen LogP) is 3.57. The third-order valence-corrected chi connectivity index (χ3v) is 4.23. The molecule has 0 atom stereocenters. The Morgan fingerprint density at radius 1 is 1.08 bits per heavy atom. The summed E-state index contributed by atoms with van der Waals surface area (Å²) in [5.41, 5.74) is 1.66. The maximum absolute atomic E-state index is 12.3. The number of rotatable bonds is 9. The Bertz CT molecular complexity index is 608. The minimum atomic E-state index is -0.276. The van der Waals surface area contributed by atoms with E-state index < -0.39 is 0 Å². The number of benzene rings is 1. The molecule has 0 aromatic heterocycles. The Hall–Kier alpha value is -1.88. The fourth-order valence-electron chi connectivity index (χ4n) is 2.65. The summed E-state index contributed by atoms with van der Waals surface area (Å²) in [6, 6.07) is 5.51. The van der Waals surface area contributed by atoms with E-state index in [1.54, 1.807) is 26.0 Å². The normalized spacial score (nSPS) is 11.3. The molecule has 0 heterocycles. The third kappa shape index (κ3) is 6.45. The maximum atomic E-state index is 12.3. The van der Waals surface area contributed by atoms with Gasteiger partial charge in [-0.2, -0.15) is 0 Å². The van der Waals surface area contributed by atoms with Gasteiger partial charge in [-0.1, -0.05) is 33.8 Å². The SMILES string of the molecule is CC(C)C(=O)Oc1ccc(CO)cc1CCCN(C(=O)C(C)C)C(C)C. The zero-order valence-electron chi connectivity index (χ0n) is 16.9. The number of aliphatic hydroxyl groups is 1. The molecule has 5 nitrogen and oxygen atoms in total. The lowest BCUT2D eigenvalue weighted by Crippen LogP contribution is -2.40. The van der Waals surface area contributed by atoms with Gasteiger partial charge in [0, 0.05) is 18.5 Å². The van der Waals surface area contributed by atoms with Gasteiger partial charge in [0.25, 0.3) is 0 Å². The van der Waals surface area contributed by atoms with Gasteiger partial charge in [0.1, 0.15) is 5.75 Å². The van der Waals surface area contributed by atoms with E-state index in [1.807, 2.05) is 38.7 Å². The Morgan fingerprint density at radius 3 is 2.23 bits per heavy atom. The lowest BCUT2D eigenvalue weighted by molar-refractivity contribution is -0.138. The van der Waals surface area contributed by atoms with Crippen molar-refractivity contribution >= 4 is 11.9 Å². The molecule has 0 aliphatic heterocycles. The second-order valence-corrected chi connectivity index (χ2v) is 7.56. The molecule has 26 heavy (non-hydrogen) atoms. The number of amides is 1. The first kappa shape index (κ1) is 22.2. The van der Waals surface area contributed by atoms with Crippen molar-refractivity contribution < 1.29 is 19.4 Å². The van der Waals surface area contributed by atoms with E-state index in [1.165, 1.54) is 0 Å². The number of aliphatic hydroxyl groups excluding tert-OH is 1. The molecule has 1 rings (SSSR count). The summed E-state index contributed by atoms with van der Waals surface area (Å²) in [6.07, 6.45) is 1.43. The van der Waals surface area contributed by atoms with Crippen LogP contribution in [0.5, 0.6) is 5.75 Å². The van der Waals surface area contributed by atoms with E-state index in [-0.39, 0.29) is 36.4 Å². The van der Waals surface area contributed by atoms with Crippen LogP contribution in [0.4, 0.5) is 0 Å². The molecular weight excluding hydrogens is 330 g/mol. The molecule has 0 spiro atoms. The molecule has 1 aromatic rings. The average molecular weight is 363 g/mol. The monoisotopic (exact) mass is 363 g/mol. The quantitative estimate of drug-likeness (QED) is 0.538. The van der Waals surface area contributed by atoms with Gasteiger partial charge in [-0.3, -0.25) is 9.59 Å². The molecule has 0 saturated heterocycles. The van der Waals surface area contributed by atoms with Gasteiger partial charge in [-0.15, -0.1) is 0 Å². The van der Waals surface area contributed by atoms with Crippen molar-refractivity contribution in [1.82, 2.24) is 4.90 Å². The van der Waals surface area contributed by atoms with Crippen molar-refractivity contribution in [2.45, 2.75) is 67.0 Å². The highest BCUT2D eigenvalue weighted by atomic mass is 16.5. The summed E-state index contributed by atoms with van der Waals surface area (Å²) in [5, 5.41) is 9.38. The first-order chi connectivity index (χ1) is 12.2. The van der Waals surface area contributed by atoms with Crippen LogP contribution in [0, 0.1) is 11.8 Å². The van der Waals surface area contributed by atoms with Crippen molar-refractivity contribution in [1.29, 1.82) is 0 Å². The van der Waals surface area contributed by atoms with Crippen molar-refractivity contribution in [3.8, 4) is 5.75 Å². The Morgan fingerprint density at radius 2 is 1.73 bits per heavy atom. The summed E-state index contributed by atoms with van der Waals surface area (Å²) in [5.74, 6) is 0.169. The third-order valence-electron chi connectivity index (χ3n) is 4.23. The lowest BCUT2D eigenvalue weighted by atomic mass is 10.0. The second-order valence-electron chi connectivity index (χ2n) is 7.56. The molecule has 0 radical (unpaired) electrons. The highest BCUT2D eigenvalue weighted by Gasteiger charge is 2.20. The molecule has 1 N–H and O–H groups in total. The lowest BCUT2D eigenvalue weighted by Gasteiger charge is -2.28.